The zero-order valence-corrected chi connectivity index (χ0v) is 20.6. The molecule has 0 aliphatic carbocycles. The molecule has 0 aliphatic rings. The zero-order chi connectivity index (χ0) is 22.1. The van der Waals surface area contributed by atoms with E-state index in [0.29, 0.717) is 6.42 Å². The van der Waals surface area contributed by atoms with Gasteiger partial charge in [-0.2, -0.15) is 10.4 Å². The van der Waals surface area contributed by atoms with Gasteiger partial charge in [0.25, 0.3) is 0 Å². The van der Waals surface area contributed by atoms with Crippen molar-refractivity contribution < 1.29 is 4.43 Å². The van der Waals surface area contributed by atoms with E-state index in [1.165, 1.54) is 0 Å². The molecule has 0 amide bonds. The highest BCUT2D eigenvalue weighted by Gasteiger charge is 2.27. The summed E-state index contributed by atoms with van der Waals surface area (Å²) in [6, 6.07) is 12.5. The maximum absolute atomic E-state index is 9.31. The van der Waals surface area contributed by atoms with Gasteiger partial charge in [-0.05, 0) is 36.1 Å². The lowest BCUT2D eigenvalue weighted by molar-refractivity contribution is 0.109. The molecule has 2 aromatic heterocycles. The van der Waals surface area contributed by atoms with Gasteiger partial charge in [-0.15, -0.1) is 0 Å². The minimum absolute atomic E-state index is 0.210. The van der Waals surface area contributed by atoms with E-state index in [1.807, 2.05) is 28.9 Å². The fraction of sp³-hybridized carbons (Fsp3) is 0.458. The molecule has 30 heavy (non-hydrogen) atoms. The predicted molar refractivity (Wildman–Crippen MR) is 124 cm³/mol. The van der Waals surface area contributed by atoms with Crippen molar-refractivity contribution in [1.29, 1.82) is 5.26 Å². The highest BCUT2D eigenvalue weighted by molar-refractivity contribution is 6.31. The Balaban J connectivity index is 2.21. The molecule has 1 aromatic carbocycles. The molecule has 3 aromatic rings. The molecule has 0 N–H and O–H groups in total. The number of pyridine rings is 1. The Labute approximate surface area is 182 Å². The fourth-order valence-corrected chi connectivity index (χ4v) is 4.24. The molecule has 3 rings (SSSR count). The summed E-state index contributed by atoms with van der Waals surface area (Å²) in [7, 11) is -0.737. The zero-order valence-electron chi connectivity index (χ0n) is 19.2. The van der Waals surface area contributed by atoms with Crippen LogP contribution in [-0.2, 0) is 16.4 Å². The van der Waals surface area contributed by atoms with Gasteiger partial charge in [-0.3, -0.25) is 0 Å². The van der Waals surface area contributed by atoms with Gasteiger partial charge in [-0.1, -0.05) is 58.9 Å². The summed E-state index contributed by atoms with van der Waals surface area (Å²) in [5.41, 5.74) is 4.46. The van der Waals surface area contributed by atoms with Gasteiger partial charge >= 0.3 is 0 Å². The lowest BCUT2D eigenvalue weighted by atomic mass is 9.93. The number of benzene rings is 1. The number of hydrogen-bond acceptors (Lipinski definition) is 4. The standard InChI is InChI=1S/C24H32N4OSi/c1-16(2)21-26-22-20(19-11-9-8-10-17(19)12-13-25)14-18(15-28(22)27-21)24(6,7)29-30-23(3,4)5/h8-11,14-16H,12,30H2,1-7H3. The summed E-state index contributed by atoms with van der Waals surface area (Å²) in [5.74, 6) is 1.04. The van der Waals surface area contributed by atoms with Crippen molar-refractivity contribution in [3.8, 4) is 17.2 Å². The Bertz CT molecular complexity index is 1090. The third-order valence-electron chi connectivity index (χ3n) is 5.10. The Hall–Kier alpha value is -2.49. The van der Waals surface area contributed by atoms with Gasteiger partial charge in [-0.25, -0.2) is 9.50 Å². The van der Waals surface area contributed by atoms with Crippen molar-refractivity contribution in [3.63, 3.8) is 0 Å². The van der Waals surface area contributed by atoms with Crippen molar-refractivity contribution in [2.24, 2.45) is 0 Å². The molecular formula is C24H32N4OSi. The van der Waals surface area contributed by atoms with E-state index in [-0.39, 0.29) is 11.0 Å². The van der Waals surface area contributed by atoms with Crippen LogP contribution in [0.4, 0.5) is 0 Å². The Morgan fingerprint density at radius 2 is 1.83 bits per heavy atom. The van der Waals surface area contributed by atoms with Crippen LogP contribution in [-0.4, -0.2) is 24.4 Å². The molecule has 0 saturated heterocycles. The van der Waals surface area contributed by atoms with E-state index in [4.69, 9.17) is 14.5 Å². The number of fused-ring (bicyclic) bond motifs is 1. The van der Waals surface area contributed by atoms with Crippen molar-refractivity contribution >= 4 is 15.4 Å². The largest absolute Gasteiger partial charge is 0.414 e. The second-order valence-corrected chi connectivity index (χ2v) is 12.6. The minimum atomic E-state index is -0.737. The number of nitrogens with zero attached hydrogens (tertiary/aromatic N) is 4. The summed E-state index contributed by atoms with van der Waals surface area (Å²) < 4.78 is 8.36. The first-order valence-electron chi connectivity index (χ1n) is 10.5. The average Bonchev–Trinajstić information content (AvgIpc) is 3.11. The number of hydrogen-bond donors (Lipinski definition) is 0. The molecule has 0 bridgehead atoms. The second kappa shape index (κ2) is 8.33. The first kappa shape index (κ1) is 22.2. The van der Waals surface area contributed by atoms with E-state index >= 15 is 0 Å². The van der Waals surface area contributed by atoms with Gasteiger partial charge in [0.2, 0.25) is 0 Å². The maximum atomic E-state index is 9.31. The molecule has 0 saturated carbocycles. The van der Waals surface area contributed by atoms with Crippen LogP contribution in [0.2, 0.25) is 5.04 Å². The van der Waals surface area contributed by atoms with Crippen LogP contribution < -0.4 is 0 Å². The molecule has 2 heterocycles. The van der Waals surface area contributed by atoms with Crippen LogP contribution in [0.25, 0.3) is 16.8 Å². The van der Waals surface area contributed by atoms with Gasteiger partial charge in [0.05, 0.1) is 18.1 Å². The second-order valence-electron chi connectivity index (χ2n) is 9.89. The predicted octanol–water partition coefficient (Wildman–Crippen LogP) is 5.14. The van der Waals surface area contributed by atoms with E-state index < -0.39 is 15.4 Å². The molecule has 0 aliphatic heterocycles. The summed E-state index contributed by atoms with van der Waals surface area (Å²) in [4.78, 5) is 4.84. The lowest BCUT2D eigenvalue weighted by Gasteiger charge is -2.30. The summed E-state index contributed by atoms with van der Waals surface area (Å²) >= 11 is 0. The maximum Gasteiger partial charge on any atom is 0.168 e. The number of nitriles is 1. The van der Waals surface area contributed by atoms with Gasteiger partial charge in [0.15, 0.2) is 21.2 Å². The summed E-state index contributed by atoms with van der Waals surface area (Å²) in [6.45, 7) is 15.1. The van der Waals surface area contributed by atoms with Crippen LogP contribution in [0.3, 0.4) is 0 Å². The smallest absolute Gasteiger partial charge is 0.168 e. The van der Waals surface area contributed by atoms with Crippen LogP contribution in [0.15, 0.2) is 36.5 Å². The quantitative estimate of drug-likeness (QED) is 0.518. The van der Waals surface area contributed by atoms with Crippen molar-refractivity contribution in [3.05, 3.63) is 53.5 Å². The lowest BCUT2D eigenvalue weighted by Crippen LogP contribution is -2.28. The number of aromatic nitrogens is 3. The highest BCUT2D eigenvalue weighted by Crippen LogP contribution is 2.35. The normalized spacial score (nSPS) is 12.9. The Morgan fingerprint density at radius 3 is 2.47 bits per heavy atom. The topological polar surface area (TPSA) is 63.2 Å². The first-order chi connectivity index (χ1) is 14.0. The monoisotopic (exact) mass is 420 g/mol. The van der Waals surface area contributed by atoms with Gasteiger partial charge in [0.1, 0.15) is 0 Å². The fourth-order valence-electron chi connectivity index (χ4n) is 3.28. The Morgan fingerprint density at radius 1 is 1.13 bits per heavy atom. The molecule has 158 valence electrons. The summed E-state index contributed by atoms with van der Waals surface area (Å²) in [6.07, 6.45) is 2.40. The Kier molecular flexibility index (Phi) is 6.16. The van der Waals surface area contributed by atoms with Crippen LogP contribution in [0.1, 0.15) is 71.3 Å². The van der Waals surface area contributed by atoms with E-state index in [2.05, 4.69) is 66.7 Å². The van der Waals surface area contributed by atoms with Crippen molar-refractivity contribution in [2.45, 2.75) is 71.4 Å². The molecule has 0 unspecified atom stereocenters. The van der Waals surface area contributed by atoms with Crippen LogP contribution in [0.5, 0.6) is 0 Å². The molecule has 5 nitrogen and oxygen atoms in total. The van der Waals surface area contributed by atoms with Crippen molar-refractivity contribution in [1.82, 2.24) is 14.6 Å². The molecule has 0 radical (unpaired) electrons. The third kappa shape index (κ3) is 4.80. The van der Waals surface area contributed by atoms with Gasteiger partial charge < -0.3 is 4.43 Å². The molecule has 6 heteroatoms. The molecule has 0 atom stereocenters. The van der Waals surface area contributed by atoms with Crippen molar-refractivity contribution in [2.75, 3.05) is 0 Å². The average molecular weight is 421 g/mol. The molecule has 0 spiro atoms. The van der Waals surface area contributed by atoms with Crippen LogP contribution in [0, 0.1) is 11.3 Å². The summed E-state index contributed by atoms with van der Waals surface area (Å²) in [5, 5.41) is 14.3. The molecule has 0 fully saturated rings. The van der Waals surface area contributed by atoms with E-state index in [1.54, 1.807) is 0 Å². The SMILES string of the molecule is CC(C)c1nc2c(-c3ccccc3CC#N)cc(C(C)(C)O[SiH2]C(C)(C)C)cn2n1. The third-order valence-corrected chi connectivity index (χ3v) is 6.84. The molecular weight excluding hydrogens is 388 g/mol. The van der Waals surface area contributed by atoms with E-state index in [0.717, 1.165) is 33.7 Å². The minimum Gasteiger partial charge on any atom is -0.414 e. The number of rotatable bonds is 6. The van der Waals surface area contributed by atoms with Gasteiger partial charge in [0, 0.05) is 23.2 Å². The first-order valence-corrected chi connectivity index (χ1v) is 11.8. The highest BCUT2D eigenvalue weighted by atomic mass is 28.2. The van der Waals surface area contributed by atoms with Crippen LogP contribution >= 0.6 is 0 Å². The van der Waals surface area contributed by atoms with E-state index in [9.17, 15) is 5.26 Å².